The van der Waals surface area contributed by atoms with Crippen molar-refractivity contribution >= 4 is 17.5 Å². The highest BCUT2D eigenvalue weighted by atomic mass is 19.4. The molecular formula is C15H17F3N4. The summed E-state index contributed by atoms with van der Waals surface area (Å²) in [6.45, 7) is 4.46. The number of hydrogen-bond donors (Lipinski definition) is 2. The second-order valence-electron chi connectivity index (χ2n) is 4.81. The normalized spacial score (nSPS) is 11.3. The number of anilines is 3. The summed E-state index contributed by atoms with van der Waals surface area (Å²) in [7, 11) is 0. The Balaban J connectivity index is 2.30. The van der Waals surface area contributed by atoms with E-state index in [4.69, 9.17) is 0 Å². The molecule has 1 heterocycles. The minimum Gasteiger partial charge on any atom is -0.354 e. The highest BCUT2D eigenvalue weighted by Gasteiger charge is 2.33. The Morgan fingerprint density at radius 1 is 1.14 bits per heavy atom. The van der Waals surface area contributed by atoms with Crippen molar-refractivity contribution in [2.24, 2.45) is 0 Å². The average Bonchev–Trinajstić information content (AvgIpc) is 2.44. The summed E-state index contributed by atoms with van der Waals surface area (Å²) >= 11 is 0. The van der Waals surface area contributed by atoms with Gasteiger partial charge in [0.1, 0.15) is 5.82 Å². The second kappa shape index (κ2) is 6.64. The van der Waals surface area contributed by atoms with Gasteiger partial charge in [-0.05, 0) is 25.5 Å². The van der Waals surface area contributed by atoms with Crippen LogP contribution in [0.1, 0.15) is 24.6 Å². The van der Waals surface area contributed by atoms with Gasteiger partial charge in [0.2, 0.25) is 5.95 Å². The van der Waals surface area contributed by atoms with Gasteiger partial charge in [-0.2, -0.15) is 18.2 Å². The molecule has 1 aromatic heterocycles. The molecule has 0 unspecified atom stereocenters. The number of nitrogens with zero attached hydrogens (tertiary/aromatic N) is 2. The number of aryl methyl sites for hydroxylation is 1. The number of halogens is 3. The van der Waals surface area contributed by atoms with E-state index in [1.165, 1.54) is 12.1 Å². The molecule has 0 aliphatic carbocycles. The molecule has 0 saturated carbocycles. The summed E-state index contributed by atoms with van der Waals surface area (Å²) in [5.41, 5.74) is -0.0931. The highest BCUT2D eigenvalue weighted by Crippen LogP contribution is 2.35. The van der Waals surface area contributed by atoms with Crippen molar-refractivity contribution in [2.45, 2.75) is 26.4 Å². The first-order valence-electron chi connectivity index (χ1n) is 6.93. The number of alkyl halides is 3. The van der Waals surface area contributed by atoms with Crippen LogP contribution in [0.3, 0.4) is 0 Å². The van der Waals surface area contributed by atoms with E-state index in [1.807, 2.05) is 6.92 Å². The maximum atomic E-state index is 13.0. The van der Waals surface area contributed by atoms with Gasteiger partial charge < -0.3 is 10.6 Å². The second-order valence-corrected chi connectivity index (χ2v) is 4.81. The molecular weight excluding hydrogens is 293 g/mol. The molecule has 1 aromatic carbocycles. The maximum absolute atomic E-state index is 13.0. The fourth-order valence-corrected chi connectivity index (χ4v) is 1.93. The van der Waals surface area contributed by atoms with E-state index in [-0.39, 0.29) is 5.69 Å². The summed E-state index contributed by atoms with van der Waals surface area (Å²) in [5.74, 6) is 0.719. The molecule has 0 radical (unpaired) electrons. The van der Waals surface area contributed by atoms with Crippen molar-refractivity contribution < 1.29 is 13.2 Å². The summed E-state index contributed by atoms with van der Waals surface area (Å²) in [4.78, 5) is 8.39. The van der Waals surface area contributed by atoms with Gasteiger partial charge in [0, 0.05) is 18.3 Å². The molecule has 22 heavy (non-hydrogen) atoms. The molecule has 2 aromatic rings. The topological polar surface area (TPSA) is 49.8 Å². The lowest BCUT2D eigenvalue weighted by atomic mass is 10.1. The van der Waals surface area contributed by atoms with Gasteiger partial charge in [-0.3, -0.25) is 0 Å². The smallest absolute Gasteiger partial charge is 0.354 e. The zero-order valence-electron chi connectivity index (χ0n) is 12.3. The minimum absolute atomic E-state index is 0.0328. The quantitative estimate of drug-likeness (QED) is 0.861. The lowest BCUT2D eigenvalue weighted by molar-refractivity contribution is -0.136. The molecule has 0 aliphatic heterocycles. The van der Waals surface area contributed by atoms with E-state index in [0.717, 1.165) is 12.5 Å². The molecule has 0 aliphatic rings. The Kier molecular flexibility index (Phi) is 4.85. The zero-order chi connectivity index (χ0) is 16.2. The van der Waals surface area contributed by atoms with Crippen LogP contribution in [0.2, 0.25) is 0 Å². The van der Waals surface area contributed by atoms with Crippen LogP contribution in [-0.2, 0) is 6.18 Å². The van der Waals surface area contributed by atoms with E-state index in [0.29, 0.717) is 24.0 Å². The van der Waals surface area contributed by atoms with Crippen LogP contribution in [-0.4, -0.2) is 16.5 Å². The average molecular weight is 310 g/mol. The van der Waals surface area contributed by atoms with E-state index >= 15 is 0 Å². The van der Waals surface area contributed by atoms with Crippen molar-refractivity contribution in [3.63, 3.8) is 0 Å². The molecule has 0 spiro atoms. The van der Waals surface area contributed by atoms with Crippen molar-refractivity contribution in [1.82, 2.24) is 9.97 Å². The van der Waals surface area contributed by atoms with Gasteiger partial charge in [0.15, 0.2) is 0 Å². The fraction of sp³-hybridized carbons (Fsp3) is 0.333. The van der Waals surface area contributed by atoms with Crippen LogP contribution >= 0.6 is 0 Å². The first kappa shape index (κ1) is 16.1. The molecule has 2 N–H and O–H groups in total. The van der Waals surface area contributed by atoms with Gasteiger partial charge in [0.05, 0.1) is 11.3 Å². The molecule has 0 bridgehead atoms. The van der Waals surface area contributed by atoms with E-state index < -0.39 is 11.7 Å². The van der Waals surface area contributed by atoms with Crippen LogP contribution in [0.5, 0.6) is 0 Å². The number of hydrogen-bond acceptors (Lipinski definition) is 4. The maximum Gasteiger partial charge on any atom is 0.418 e. The summed E-state index contributed by atoms with van der Waals surface area (Å²) in [6, 6.07) is 6.91. The predicted molar refractivity (Wildman–Crippen MR) is 80.3 cm³/mol. The predicted octanol–water partition coefficient (Wildman–Crippen LogP) is 4.37. The van der Waals surface area contributed by atoms with Gasteiger partial charge in [0.25, 0.3) is 0 Å². The Bertz CT molecular complexity index is 641. The van der Waals surface area contributed by atoms with Gasteiger partial charge in [-0.1, -0.05) is 19.1 Å². The van der Waals surface area contributed by atoms with Crippen LogP contribution < -0.4 is 10.6 Å². The van der Waals surface area contributed by atoms with Crippen LogP contribution in [0.15, 0.2) is 30.3 Å². The number of para-hydroxylation sites is 1. The molecule has 0 saturated heterocycles. The lowest BCUT2D eigenvalue weighted by Gasteiger charge is -2.14. The Labute approximate surface area is 126 Å². The number of aromatic nitrogens is 2. The third kappa shape index (κ3) is 4.09. The van der Waals surface area contributed by atoms with E-state index in [9.17, 15) is 13.2 Å². The first-order chi connectivity index (χ1) is 10.4. The Morgan fingerprint density at radius 3 is 2.55 bits per heavy atom. The van der Waals surface area contributed by atoms with Crippen molar-refractivity contribution in [2.75, 3.05) is 17.2 Å². The largest absolute Gasteiger partial charge is 0.418 e. The number of rotatable bonds is 5. The number of benzene rings is 1. The van der Waals surface area contributed by atoms with Gasteiger partial charge >= 0.3 is 6.18 Å². The summed E-state index contributed by atoms with van der Waals surface area (Å²) in [6.07, 6.45) is -3.52. The van der Waals surface area contributed by atoms with Crippen molar-refractivity contribution in [3.05, 3.63) is 41.6 Å². The monoisotopic (exact) mass is 310 g/mol. The highest BCUT2D eigenvalue weighted by molar-refractivity contribution is 5.62. The summed E-state index contributed by atoms with van der Waals surface area (Å²) < 4.78 is 39.0. The molecule has 0 atom stereocenters. The fourth-order valence-electron chi connectivity index (χ4n) is 1.93. The van der Waals surface area contributed by atoms with Crippen LogP contribution in [0.4, 0.5) is 30.6 Å². The van der Waals surface area contributed by atoms with E-state index in [2.05, 4.69) is 20.6 Å². The molecule has 118 valence electrons. The molecule has 2 rings (SSSR count). The minimum atomic E-state index is -4.42. The Hall–Kier alpha value is -2.31. The zero-order valence-corrected chi connectivity index (χ0v) is 12.3. The molecule has 7 heteroatoms. The third-order valence-corrected chi connectivity index (χ3v) is 2.88. The lowest BCUT2D eigenvalue weighted by Crippen LogP contribution is -2.10. The molecule has 4 nitrogen and oxygen atoms in total. The van der Waals surface area contributed by atoms with E-state index in [1.54, 1.807) is 19.1 Å². The number of nitrogens with one attached hydrogen (secondary N) is 2. The van der Waals surface area contributed by atoms with Crippen LogP contribution in [0.25, 0.3) is 0 Å². The van der Waals surface area contributed by atoms with Crippen molar-refractivity contribution in [1.29, 1.82) is 0 Å². The SMILES string of the molecule is CCCNc1nc(C)cc(Nc2ccccc2C(F)(F)F)n1. The molecule has 0 amide bonds. The Morgan fingerprint density at radius 2 is 1.86 bits per heavy atom. The van der Waals surface area contributed by atoms with Gasteiger partial charge in [-0.25, -0.2) is 4.98 Å². The van der Waals surface area contributed by atoms with Crippen molar-refractivity contribution in [3.8, 4) is 0 Å². The molecule has 0 fully saturated rings. The van der Waals surface area contributed by atoms with Gasteiger partial charge in [-0.15, -0.1) is 0 Å². The summed E-state index contributed by atoms with van der Waals surface area (Å²) in [5, 5.41) is 5.75. The standard InChI is InChI=1S/C15H17F3N4/c1-3-8-19-14-20-10(2)9-13(22-14)21-12-7-5-4-6-11(12)15(16,17)18/h4-7,9H,3,8H2,1-2H3,(H2,19,20,21,22). The first-order valence-corrected chi connectivity index (χ1v) is 6.93. The third-order valence-electron chi connectivity index (χ3n) is 2.88. The van der Waals surface area contributed by atoms with Crippen LogP contribution in [0, 0.1) is 6.92 Å².